The summed E-state index contributed by atoms with van der Waals surface area (Å²) in [5, 5.41) is 23.3. The Balaban J connectivity index is 2.88. The number of nitrogens with two attached hydrogens (primary N) is 1. The van der Waals surface area contributed by atoms with Crippen molar-refractivity contribution in [1.82, 2.24) is 5.32 Å². The number of nitrogens with one attached hydrogen (secondary N) is 1. The lowest BCUT2D eigenvalue weighted by Gasteiger charge is -2.37. The Labute approximate surface area is 132 Å². The van der Waals surface area contributed by atoms with E-state index in [1.165, 1.54) is 6.92 Å². The molecule has 3 atom stereocenters. The van der Waals surface area contributed by atoms with E-state index in [4.69, 9.17) is 5.73 Å². The molecule has 0 aliphatic carbocycles. The van der Waals surface area contributed by atoms with Gasteiger partial charge in [0.05, 0.1) is 12.1 Å². The van der Waals surface area contributed by atoms with Crippen LogP contribution in [0.2, 0.25) is 0 Å². The predicted molar refractivity (Wildman–Crippen MR) is 87.2 cm³/mol. The molecule has 0 aliphatic rings. The second-order valence-corrected chi connectivity index (χ2v) is 6.89. The first-order valence-corrected chi connectivity index (χ1v) is 7.55. The lowest BCUT2D eigenvalue weighted by atomic mass is 9.77. The van der Waals surface area contributed by atoms with E-state index >= 15 is 0 Å². The zero-order chi connectivity index (χ0) is 17.0. The molecule has 5 N–H and O–H groups in total. The highest BCUT2D eigenvalue weighted by atomic mass is 16.3. The molecule has 0 fully saturated rings. The summed E-state index contributed by atoms with van der Waals surface area (Å²) in [4.78, 5) is 12.4. The molecule has 1 amide bonds. The Hall–Kier alpha value is -1.43. The zero-order valence-corrected chi connectivity index (χ0v) is 13.8. The highest BCUT2D eigenvalue weighted by Crippen LogP contribution is 2.30. The van der Waals surface area contributed by atoms with Crippen LogP contribution in [0.3, 0.4) is 0 Å². The Morgan fingerprint density at radius 1 is 1.23 bits per heavy atom. The summed E-state index contributed by atoms with van der Waals surface area (Å²) < 4.78 is 0. The standard InChI is InChI=1S/C17H28N2O3/c1-16(2,3)17(4,22)15(21)19-13(14(20)11-18)10-12-8-6-5-7-9-12/h5-9,13-14,20,22H,10-11,18H2,1-4H3,(H,19,21)/t13-,14+,17-/m0/s1. The zero-order valence-electron chi connectivity index (χ0n) is 13.8. The summed E-state index contributed by atoms with van der Waals surface area (Å²) in [6.07, 6.45) is -0.425. The fourth-order valence-corrected chi connectivity index (χ4v) is 1.97. The summed E-state index contributed by atoms with van der Waals surface area (Å²) in [5.74, 6) is -0.506. The molecule has 1 aromatic rings. The van der Waals surface area contributed by atoms with Crippen molar-refractivity contribution < 1.29 is 15.0 Å². The van der Waals surface area contributed by atoms with Gasteiger partial charge in [0.2, 0.25) is 0 Å². The van der Waals surface area contributed by atoms with Gasteiger partial charge in [-0.3, -0.25) is 4.79 Å². The minimum absolute atomic E-state index is 0.0371. The second-order valence-electron chi connectivity index (χ2n) is 6.89. The van der Waals surface area contributed by atoms with Crippen molar-refractivity contribution in [1.29, 1.82) is 0 Å². The number of aliphatic hydroxyl groups excluding tert-OH is 1. The maximum atomic E-state index is 12.4. The number of hydrogen-bond donors (Lipinski definition) is 4. The van der Waals surface area contributed by atoms with Crippen LogP contribution in [0.25, 0.3) is 0 Å². The number of amides is 1. The Morgan fingerprint density at radius 3 is 2.23 bits per heavy atom. The topological polar surface area (TPSA) is 95.6 Å². The third kappa shape index (κ3) is 4.53. The van der Waals surface area contributed by atoms with Gasteiger partial charge < -0.3 is 21.3 Å². The Morgan fingerprint density at radius 2 is 1.77 bits per heavy atom. The molecule has 1 rings (SSSR count). The van der Waals surface area contributed by atoms with Gasteiger partial charge in [0, 0.05) is 6.54 Å². The van der Waals surface area contributed by atoms with Crippen LogP contribution in [0.4, 0.5) is 0 Å². The number of benzene rings is 1. The van der Waals surface area contributed by atoms with Crippen LogP contribution in [0.1, 0.15) is 33.3 Å². The molecule has 0 aliphatic heterocycles. The van der Waals surface area contributed by atoms with E-state index in [1.54, 1.807) is 20.8 Å². The molecule has 124 valence electrons. The van der Waals surface area contributed by atoms with Gasteiger partial charge >= 0.3 is 0 Å². The first-order chi connectivity index (χ1) is 10.1. The molecule has 0 spiro atoms. The van der Waals surface area contributed by atoms with Crippen LogP contribution in [-0.4, -0.2) is 40.4 Å². The molecule has 1 aromatic carbocycles. The number of carbonyl (C=O) groups is 1. The van der Waals surface area contributed by atoms with Crippen LogP contribution in [0.5, 0.6) is 0 Å². The average Bonchev–Trinajstić information content (AvgIpc) is 2.45. The SMILES string of the molecule is CC(C)(C)[C@@](C)(O)C(=O)N[C@@H](Cc1ccccc1)[C@H](O)CN. The molecule has 0 saturated carbocycles. The van der Waals surface area contributed by atoms with E-state index in [0.29, 0.717) is 6.42 Å². The molecular formula is C17H28N2O3. The third-order valence-corrected chi connectivity index (χ3v) is 4.22. The van der Waals surface area contributed by atoms with Crippen LogP contribution in [0.15, 0.2) is 30.3 Å². The van der Waals surface area contributed by atoms with Gasteiger partial charge in [0.15, 0.2) is 0 Å². The van der Waals surface area contributed by atoms with Gasteiger partial charge in [0.25, 0.3) is 5.91 Å². The minimum Gasteiger partial charge on any atom is -0.390 e. The molecule has 5 heteroatoms. The van der Waals surface area contributed by atoms with E-state index in [-0.39, 0.29) is 6.54 Å². The summed E-state index contributed by atoms with van der Waals surface area (Å²) >= 11 is 0. The Kier molecular flexibility index (Phi) is 6.11. The summed E-state index contributed by atoms with van der Waals surface area (Å²) in [6.45, 7) is 6.89. The number of aliphatic hydroxyl groups is 2. The molecule has 0 aromatic heterocycles. The first kappa shape index (κ1) is 18.6. The van der Waals surface area contributed by atoms with Crippen molar-refractivity contribution in [2.45, 2.75) is 51.9 Å². The molecule has 0 heterocycles. The lowest BCUT2D eigenvalue weighted by Crippen LogP contribution is -2.58. The third-order valence-electron chi connectivity index (χ3n) is 4.22. The van der Waals surface area contributed by atoms with Gasteiger partial charge in [0.1, 0.15) is 5.60 Å². The van der Waals surface area contributed by atoms with Gasteiger partial charge in [-0.05, 0) is 24.3 Å². The number of rotatable bonds is 6. The van der Waals surface area contributed by atoms with Crippen LogP contribution in [-0.2, 0) is 11.2 Å². The van der Waals surface area contributed by atoms with Crippen molar-refractivity contribution in [2.75, 3.05) is 6.54 Å². The lowest BCUT2D eigenvalue weighted by molar-refractivity contribution is -0.150. The minimum atomic E-state index is -1.55. The van der Waals surface area contributed by atoms with Crippen LogP contribution < -0.4 is 11.1 Å². The molecule has 0 saturated heterocycles. The number of hydrogen-bond acceptors (Lipinski definition) is 4. The normalized spacial score (nSPS) is 17.4. The van der Waals surface area contributed by atoms with E-state index < -0.39 is 29.1 Å². The smallest absolute Gasteiger partial charge is 0.252 e. The van der Waals surface area contributed by atoms with Gasteiger partial charge in [-0.1, -0.05) is 51.1 Å². The fourth-order valence-electron chi connectivity index (χ4n) is 1.97. The highest BCUT2D eigenvalue weighted by molar-refractivity contribution is 5.85. The largest absolute Gasteiger partial charge is 0.390 e. The molecular weight excluding hydrogens is 280 g/mol. The Bertz CT molecular complexity index is 480. The van der Waals surface area contributed by atoms with Crippen molar-refractivity contribution in [3.05, 3.63) is 35.9 Å². The molecule has 22 heavy (non-hydrogen) atoms. The highest BCUT2D eigenvalue weighted by Gasteiger charge is 2.43. The van der Waals surface area contributed by atoms with E-state index in [0.717, 1.165) is 5.56 Å². The van der Waals surface area contributed by atoms with Gasteiger partial charge in [-0.25, -0.2) is 0 Å². The van der Waals surface area contributed by atoms with Crippen LogP contribution >= 0.6 is 0 Å². The summed E-state index contributed by atoms with van der Waals surface area (Å²) in [5.41, 5.74) is 4.35. The van der Waals surface area contributed by atoms with Gasteiger partial charge in [-0.15, -0.1) is 0 Å². The van der Waals surface area contributed by atoms with E-state index in [9.17, 15) is 15.0 Å². The fraction of sp³-hybridized carbons (Fsp3) is 0.588. The maximum Gasteiger partial charge on any atom is 0.252 e. The second kappa shape index (κ2) is 7.22. The summed E-state index contributed by atoms with van der Waals surface area (Å²) in [7, 11) is 0. The quantitative estimate of drug-likeness (QED) is 0.626. The molecule has 0 unspecified atom stereocenters. The van der Waals surface area contributed by atoms with Crippen molar-refractivity contribution in [3.8, 4) is 0 Å². The average molecular weight is 308 g/mol. The predicted octanol–water partition coefficient (Wildman–Crippen LogP) is 0.831. The molecule has 0 radical (unpaired) electrons. The maximum absolute atomic E-state index is 12.4. The van der Waals surface area contributed by atoms with Crippen molar-refractivity contribution in [2.24, 2.45) is 11.1 Å². The number of carbonyl (C=O) groups excluding carboxylic acids is 1. The van der Waals surface area contributed by atoms with E-state index in [2.05, 4.69) is 5.32 Å². The molecule has 5 nitrogen and oxygen atoms in total. The van der Waals surface area contributed by atoms with Crippen LogP contribution in [0, 0.1) is 5.41 Å². The van der Waals surface area contributed by atoms with Crippen molar-refractivity contribution >= 4 is 5.91 Å². The summed E-state index contributed by atoms with van der Waals surface area (Å²) in [6, 6.07) is 8.99. The molecule has 0 bridgehead atoms. The first-order valence-electron chi connectivity index (χ1n) is 7.55. The van der Waals surface area contributed by atoms with E-state index in [1.807, 2.05) is 30.3 Å². The van der Waals surface area contributed by atoms with Crippen molar-refractivity contribution in [3.63, 3.8) is 0 Å². The monoisotopic (exact) mass is 308 g/mol. The van der Waals surface area contributed by atoms with Gasteiger partial charge in [-0.2, -0.15) is 0 Å².